The zero-order valence-corrected chi connectivity index (χ0v) is 12.8. The number of aromatic hydroxyl groups is 1. The molecular formula is C17H21NO3. The largest absolute Gasteiger partial charge is 0.507 e. The van der Waals surface area contributed by atoms with E-state index in [0.717, 1.165) is 30.5 Å². The minimum absolute atomic E-state index is 0.233. The summed E-state index contributed by atoms with van der Waals surface area (Å²) in [6.07, 6.45) is 2.85. The highest BCUT2D eigenvalue weighted by Crippen LogP contribution is 2.31. The maximum Gasteiger partial charge on any atom is 0.338 e. The van der Waals surface area contributed by atoms with Crippen molar-refractivity contribution in [1.82, 2.24) is 4.98 Å². The van der Waals surface area contributed by atoms with Crippen molar-refractivity contribution in [1.29, 1.82) is 0 Å². The highest BCUT2D eigenvalue weighted by Gasteiger charge is 2.14. The first kappa shape index (κ1) is 15.3. The van der Waals surface area contributed by atoms with Gasteiger partial charge in [0.1, 0.15) is 5.75 Å². The Labute approximate surface area is 124 Å². The number of esters is 1. The van der Waals surface area contributed by atoms with Crippen molar-refractivity contribution in [3.63, 3.8) is 0 Å². The Kier molecular flexibility index (Phi) is 4.78. The molecule has 2 aromatic rings. The molecule has 112 valence electrons. The highest BCUT2D eigenvalue weighted by molar-refractivity contribution is 5.96. The minimum atomic E-state index is -0.380. The Morgan fingerprint density at radius 3 is 2.76 bits per heavy atom. The van der Waals surface area contributed by atoms with Crippen molar-refractivity contribution in [3.8, 4) is 5.75 Å². The topological polar surface area (TPSA) is 59.4 Å². The molecule has 0 fully saturated rings. The number of fused-ring (bicyclic) bond motifs is 1. The number of rotatable bonds is 5. The van der Waals surface area contributed by atoms with Crippen molar-refractivity contribution >= 4 is 16.9 Å². The van der Waals surface area contributed by atoms with Gasteiger partial charge >= 0.3 is 5.97 Å². The van der Waals surface area contributed by atoms with Gasteiger partial charge in [0, 0.05) is 16.6 Å². The van der Waals surface area contributed by atoms with E-state index in [-0.39, 0.29) is 11.7 Å². The van der Waals surface area contributed by atoms with Crippen LogP contribution in [0.5, 0.6) is 5.75 Å². The van der Waals surface area contributed by atoms with Crippen LogP contribution in [0.4, 0.5) is 0 Å². The SMILES string of the molecule is CCCCc1c(C)nc2ccc(C(=O)OCC)cc2c1O. The van der Waals surface area contributed by atoms with Gasteiger partial charge in [-0.15, -0.1) is 0 Å². The molecule has 1 N–H and O–H groups in total. The normalized spacial score (nSPS) is 10.8. The zero-order chi connectivity index (χ0) is 15.4. The molecule has 0 spiro atoms. The van der Waals surface area contributed by atoms with Gasteiger partial charge in [0.25, 0.3) is 0 Å². The molecule has 0 aliphatic rings. The first-order valence-corrected chi connectivity index (χ1v) is 7.37. The predicted octanol–water partition coefficient (Wildman–Crippen LogP) is 3.77. The van der Waals surface area contributed by atoms with Crippen LogP contribution in [-0.2, 0) is 11.2 Å². The number of benzene rings is 1. The monoisotopic (exact) mass is 287 g/mol. The molecule has 0 saturated heterocycles. The first-order valence-electron chi connectivity index (χ1n) is 7.37. The van der Waals surface area contributed by atoms with Crippen LogP contribution in [0.15, 0.2) is 18.2 Å². The van der Waals surface area contributed by atoms with E-state index in [0.29, 0.717) is 23.1 Å². The van der Waals surface area contributed by atoms with Crippen LogP contribution in [0.1, 0.15) is 48.3 Å². The fourth-order valence-corrected chi connectivity index (χ4v) is 2.40. The standard InChI is InChI=1S/C17H21NO3/c1-4-6-7-13-11(3)18-15-9-8-12(17(20)21-5-2)10-14(15)16(13)19/h8-10H,4-7H2,1-3H3,(H,18,19). The van der Waals surface area contributed by atoms with Gasteiger partial charge in [-0.3, -0.25) is 4.98 Å². The molecule has 0 aliphatic carbocycles. The summed E-state index contributed by atoms with van der Waals surface area (Å²) in [6, 6.07) is 5.08. The van der Waals surface area contributed by atoms with Gasteiger partial charge in [-0.05, 0) is 44.9 Å². The number of aromatic nitrogens is 1. The summed E-state index contributed by atoms with van der Waals surface area (Å²) in [6.45, 7) is 6.12. The first-order chi connectivity index (χ1) is 10.1. The van der Waals surface area contributed by atoms with Gasteiger partial charge < -0.3 is 9.84 Å². The highest BCUT2D eigenvalue weighted by atomic mass is 16.5. The molecule has 1 heterocycles. The Balaban J connectivity index is 2.52. The van der Waals surface area contributed by atoms with Crippen molar-refractivity contribution in [3.05, 3.63) is 35.0 Å². The van der Waals surface area contributed by atoms with Crippen LogP contribution in [0.25, 0.3) is 10.9 Å². The van der Waals surface area contributed by atoms with Gasteiger partial charge in [0.05, 0.1) is 17.7 Å². The van der Waals surface area contributed by atoms with Crippen LogP contribution < -0.4 is 0 Å². The number of ether oxygens (including phenoxy) is 1. The van der Waals surface area contributed by atoms with Gasteiger partial charge in [-0.2, -0.15) is 0 Å². The number of pyridine rings is 1. The Hall–Kier alpha value is -2.10. The smallest absolute Gasteiger partial charge is 0.338 e. The van der Waals surface area contributed by atoms with Gasteiger partial charge in [-0.25, -0.2) is 4.79 Å². The molecule has 0 amide bonds. The van der Waals surface area contributed by atoms with Crippen molar-refractivity contribution < 1.29 is 14.6 Å². The number of aryl methyl sites for hydroxylation is 1. The Morgan fingerprint density at radius 1 is 1.33 bits per heavy atom. The molecule has 1 aromatic heterocycles. The van der Waals surface area contributed by atoms with E-state index in [1.807, 2.05) is 6.92 Å². The molecule has 1 aromatic carbocycles. The average Bonchev–Trinajstić information content (AvgIpc) is 2.47. The van der Waals surface area contributed by atoms with Crippen LogP contribution >= 0.6 is 0 Å². The van der Waals surface area contributed by atoms with Crippen LogP contribution in [0.2, 0.25) is 0 Å². The third kappa shape index (κ3) is 3.15. The zero-order valence-electron chi connectivity index (χ0n) is 12.8. The second kappa shape index (κ2) is 6.57. The van der Waals surface area contributed by atoms with Crippen LogP contribution in [0, 0.1) is 6.92 Å². The van der Waals surface area contributed by atoms with E-state index < -0.39 is 0 Å². The third-order valence-electron chi connectivity index (χ3n) is 3.55. The van der Waals surface area contributed by atoms with E-state index in [1.54, 1.807) is 25.1 Å². The lowest BCUT2D eigenvalue weighted by Crippen LogP contribution is -2.05. The maximum atomic E-state index is 11.8. The number of unbranched alkanes of at least 4 members (excludes halogenated alkanes) is 1. The molecule has 4 heteroatoms. The lowest BCUT2D eigenvalue weighted by atomic mass is 10.0. The van der Waals surface area contributed by atoms with Crippen LogP contribution in [-0.4, -0.2) is 22.7 Å². The lowest BCUT2D eigenvalue weighted by molar-refractivity contribution is 0.0526. The fraction of sp³-hybridized carbons (Fsp3) is 0.412. The van der Waals surface area contributed by atoms with E-state index >= 15 is 0 Å². The van der Waals surface area contributed by atoms with Crippen LogP contribution in [0.3, 0.4) is 0 Å². The minimum Gasteiger partial charge on any atom is -0.507 e. The van der Waals surface area contributed by atoms with Crippen molar-refractivity contribution in [2.75, 3.05) is 6.61 Å². The number of carbonyl (C=O) groups is 1. The fourth-order valence-electron chi connectivity index (χ4n) is 2.40. The quantitative estimate of drug-likeness (QED) is 0.850. The second-order valence-corrected chi connectivity index (χ2v) is 5.08. The second-order valence-electron chi connectivity index (χ2n) is 5.08. The summed E-state index contributed by atoms with van der Waals surface area (Å²) in [7, 11) is 0. The molecule has 4 nitrogen and oxygen atoms in total. The number of carbonyl (C=O) groups excluding carboxylic acids is 1. The molecule has 2 rings (SSSR count). The Morgan fingerprint density at radius 2 is 2.10 bits per heavy atom. The van der Waals surface area contributed by atoms with Gasteiger partial charge in [0.2, 0.25) is 0 Å². The lowest BCUT2D eigenvalue weighted by Gasteiger charge is -2.11. The number of hydrogen-bond donors (Lipinski definition) is 1. The molecule has 0 saturated carbocycles. The Bertz CT molecular complexity index is 665. The van der Waals surface area contributed by atoms with E-state index in [4.69, 9.17) is 4.74 Å². The molecule has 21 heavy (non-hydrogen) atoms. The van der Waals surface area contributed by atoms with E-state index in [1.165, 1.54) is 0 Å². The van der Waals surface area contributed by atoms with Gasteiger partial charge in [-0.1, -0.05) is 13.3 Å². The number of hydrogen-bond acceptors (Lipinski definition) is 4. The molecule has 0 radical (unpaired) electrons. The molecule has 0 aliphatic heterocycles. The molecular weight excluding hydrogens is 266 g/mol. The van der Waals surface area contributed by atoms with E-state index in [2.05, 4.69) is 11.9 Å². The van der Waals surface area contributed by atoms with Gasteiger partial charge in [0.15, 0.2) is 0 Å². The summed E-state index contributed by atoms with van der Waals surface area (Å²) >= 11 is 0. The third-order valence-corrected chi connectivity index (χ3v) is 3.55. The predicted molar refractivity (Wildman–Crippen MR) is 82.7 cm³/mol. The molecule has 0 bridgehead atoms. The average molecular weight is 287 g/mol. The molecule has 0 atom stereocenters. The summed E-state index contributed by atoms with van der Waals surface area (Å²) in [4.78, 5) is 16.3. The van der Waals surface area contributed by atoms with Crippen molar-refractivity contribution in [2.45, 2.75) is 40.0 Å². The summed E-state index contributed by atoms with van der Waals surface area (Å²) in [5, 5.41) is 11.1. The maximum absolute atomic E-state index is 11.8. The summed E-state index contributed by atoms with van der Waals surface area (Å²) in [5.74, 6) is -0.147. The van der Waals surface area contributed by atoms with E-state index in [9.17, 15) is 9.90 Å². The van der Waals surface area contributed by atoms with Crippen molar-refractivity contribution in [2.24, 2.45) is 0 Å². The molecule has 0 unspecified atom stereocenters. The summed E-state index contributed by atoms with van der Waals surface area (Å²) < 4.78 is 4.99. The number of nitrogens with zero attached hydrogens (tertiary/aromatic N) is 1. The summed E-state index contributed by atoms with van der Waals surface area (Å²) in [5.41, 5.74) is 2.84.